The summed E-state index contributed by atoms with van der Waals surface area (Å²) in [6, 6.07) is 16.6. The summed E-state index contributed by atoms with van der Waals surface area (Å²) in [6.07, 6.45) is 1.68. The Morgan fingerprint density at radius 1 is 0.968 bits per heavy atom. The highest BCUT2D eigenvalue weighted by molar-refractivity contribution is 6.19. The molecule has 0 aromatic heterocycles. The van der Waals surface area contributed by atoms with Gasteiger partial charge in [-0.2, -0.15) is 5.26 Å². The van der Waals surface area contributed by atoms with Gasteiger partial charge in [-0.15, -0.1) is 0 Å². The number of hydrogen-bond acceptors (Lipinski definition) is 5. The Labute approximate surface area is 182 Å². The van der Waals surface area contributed by atoms with Crippen LogP contribution < -0.4 is 9.47 Å². The molecule has 6 nitrogen and oxygen atoms in total. The number of imide groups is 1. The van der Waals surface area contributed by atoms with Gasteiger partial charge >= 0.3 is 0 Å². The topological polar surface area (TPSA) is 79.6 Å². The lowest BCUT2D eigenvalue weighted by Crippen LogP contribution is -2.42. The summed E-state index contributed by atoms with van der Waals surface area (Å²) in [5.41, 5.74) is 2.16. The van der Waals surface area contributed by atoms with E-state index in [1.54, 1.807) is 25.1 Å². The molecule has 0 spiro atoms. The first kappa shape index (κ1) is 21.8. The third-order valence-electron chi connectivity index (χ3n) is 4.89. The molecule has 1 heterocycles. The minimum Gasteiger partial charge on any atom is -0.490 e. The molecule has 158 valence electrons. The largest absolute Gasteiger partial charge is 0.490 e. The van der Waals surface area contributed by atoms with E-state index in [9.17, 15) is 14.9 Å². The highest BCUT2D eigenvalue weighted by Gasteiger charge is 2.35. The van der Waals surface area contributed by atoms with Crippen LogP contribution in [0, 0.1) is 11.3 Å². The minimum atomic E-state index is -0.576. The molecule has 0 atom stereocenters. The molecule has 2 aromatic rings. The molecule has 6 heteroatoms. The van der Waals surface area contributed by atoms with Gasteiger partial charge < -0.3 is 9.47 Å². The first-order valence-electron chi connectivity index (χ1n) is 10.1. The van der Waals surface area contributed by atoms with Crippen molar-refractivity contribution in [1.29, 1.82) is 5.26 Å². The zero-order valence-corrected chi connectivity index (χ0v) is 17.8. The van der Waals surface area contributed by atoms with Crippen molar-refractivity contribution in [2.24, 2.45) is 0 Å². The van der Waals surface area contributed by atoms with Gasteiger partial charge in [-0.25, -0.2) is 0 Å². The van der Waals surface area contributed by atoms with E-state index in [4.69, 9.17) is 9.47 Å². The number of nitriles is 1. The van der Waals surface area contributed by atoms with Gasteiger partial charge in [0.2, 0.25) is 0 Å². The minimum absolute atomic E-state index is 0.0299. The molecule has 0 radical (unpaired) electrons. The van der Waals surface area contributed by atoms with E-state index >= 15 is 0 Å². The predicted molar refractivity (Wildman–Crippen MR) is 117 cm³/mol. The lowest BCUT2D eigenvalue weighted by atomic mass is 9.93. The Hall–Kier alpha value is -3.85. The molecule has 0 bridgehead atoms. The van der Waals surface area contributed by atoms with Crippen LogP contribution in [0.3, 0.4) is 0 Å². The molecule has 2 aromatic carbocycles. The van der Waals surface area contributed by atoms with Crippen LogP contribution in [0.25, 0.3) is 6.08 Å². The maximum Gasteiger partial charge on any atom is 0.271 e. The monoisotopic (exact) mass is 416 g/mol. The zero-order chi connectivity index (χ0) is 22.4. The van der Waals surface area contributed by atoms with Crippen molar-refractivity contribution in [2.45, 2.75) is 27.3 Å². The average Bonchev–Trinajstić information content (AvgIpc) is 2.77. The van der Waals surface area contributed by atoms with Crippen LogP contribution >= 0.6 is 0 Å². The van der Waals surface area contributed by atoms with E-state index in [1.807, 2.05) is 56.3 Å². The highest BCUT2D eigenvalue weighted by atomic mass is 16.5. The molecular formula is C25H24N2O4. The van der Waals surface area contributed by atoms with Gasteiger partial charge in [-0.1, -0.05) is 36.4 Å². The van der Waals surface area contributed by atoms with E-state index < -0.39 is 11.8 Å². The van der Waals surface area contributed by atoms with Crippen molar-refractivity contribution in [3.8, 4) is 17.6 Å². The Morgan fingerprint density at radius 3 is 2.29 bits per heavy atom. The first-order valence-corrected chi connectivity index (χ1v) is 10.1. The van der Waals surface area contributed by atoms with Crippen molar-refractivity contribution in [3.05, 3.63) is 76.4 Å². The first-order chi connectivity index (χ1) is 15.0. The van der Waals surface area contributed by atoms with E-state index in [-0.39, 0.29) is 12.1 Å². The predicted octanol–water partition coefficient (Wildman–Crippen LogP) is 4.28. The number of rotatable bonds is 7. The number of hydrogen-bond donors (Lipinski definition) is 0. The molecule has 2 amide bonds. The average molecular weight is 416 g/mol. The molecule has 0 saturated heterocycles. The van der Waals surface area contributed by atoms with Crippen LogP contribution in [0.15, 0.2) is 65.3 Å². The summed E-state index contributed by atoms with van der Waals surface area (Å²) in [5.74, 6) is 0.179. The van der Waals surface area contributed by atoms with E-state index in [2.05, 4.69) is 0 Å². The third kappa shape index (κ3) is 4.67. The van der Waals surface area contributed by atoms with Gasteiger partial charge in [-0.3, -0.25) is 14.5 Å². The summed E-state index contributed by atoms with van der Waals surface area (Å²) < 4.78 is 11.3. The number of carbonyl (C=O) groups is 2. The fourth-order valence-corrected chi connectivity index (χ4v) is 3.36. The van der Waals surface area contributed by atoms with Crippen LogP contribution in [-0.2, 0) is 16.1 Å². The van der Waals surface area contributed by atoms with Gasteiger partial charge in [0, 0.05) is 5.57 Å². The molecule has 31 heavy (non-hydrogen) atoms. The second-order valence-corrected chi connectivity index (χ2v) is 6.92. The highest BCUT2D eigenvalue weighted by Crippen LogP contribution is 2.32. The van der Waals surface area contributed by atoms with Crippen LogP contribution in [0.2, 0.25) is 0 Å². The van der Waals surface area contributed by atoms with Gasteiger partial charge in [0.15, 0.2) is 11.5 Å². The molecule has 0 N–H and O–H groups in total. The van der Waals surface area contributed by atoms with Crippen molar-refractivity contribution in [1.82, 2.24) is 4.90 Å². The standard InChI is InChI=1S/C25H24N2O4/c1-4-30-22-12-11-19(14-23(22)31-5-2)13-20-17(3)21(15-26)25(29)27(24(20)28)16-18-9-7-6-8-10-18/h6-14H,4-5,16H2,1-3H3/b20-13+. The Bertz CT molecular complexity index is 1090. The van der Waals surface area contributed by atoms with Crippen LogP contribution in [0.4, 0.5) is 0 Å². The van der Waals surface area contributed by atoms with Gasteiger partial charge in [0.25, 0.3) is 11.8 Å². The Morgan fingerprint density at radius 2 is 1.65 bits per heavy atom. The molecule has 0 fully saturated rings. The van der Waals surface area contributed by atoms with Gasteiger partial charge in [-0.05, 0) is 55.7 Å². The zero-order valence-electron chi connectivity index (χ0n) is 17.8. The molecule has 0 unspecified atom stereocenters. The Balaban J connectivity index is 2.04. The van der Waals surface area contributed by atoms with E-state index in [0.717, 1.165) is 10.5 Å². The van der Waals surface area contributed by atoms with E-state index in [0.29, 0.717) is 41.4 Å². The number of nitrogens with zero attached hydrogens (tertiary/aromatic N) is 2. The lowest BCUT2D eigenvalue weighted by Gasteiger charge is -2.27. The summed E-state index contributed by atoms with van der Waals surface area (Å²) in [5, 5.41) is 9.56. The fourth-order valence-electron chi connectivity index (χ4n) is 3.36. The van der Waals surface area contributed by atoms with Crippen molar-refractivity contribution in [2.75, 3.05) is 13.2 Å². The van der Waals surface area contributed by atoms with Gasteiger partial charge in [0.05, 0.1) is 19.8 Å². The van der Waals surface area contributed by atoms with Crippen LogP contribution in [0.1, 0.15) is 31.9 Å². The number of ether oxygens (including phenoxy) is 2. The normalized spacial score (nSPS) is 15.3. The molecule has 0 saturated carbocycles. The SMILES string of the molecule is CCOc1ccc(/C=C2/C(=O)N(Cc3ccccc3)C(=O)C(C#N)=C2C)cc1OCC. The van der Waals surface area contributed by atoms with Gasteiger partial charge in [0.1, 0.15) is 11.6 Å². The molecule has 3 rings (SSSR count). The van der Waals surface area contributed by atoms with Crippen LogP contribution in [0.5, 0.6) is 11.5 Å². The summed E-state index contributed by atoms with van der Waals surface area (Å²) >= 11 is 0. The number of benzene rings is 2. The van der Waals surface area contributed by atoms with Crippen molar-refractivity contribution >= 4 is 17.9 Å². The quantitative estimate of drug-likeness (QED) is 0.497. The van der Waals surface area contributed by atoms with Crippen molar-refractivity contribution < 1.29 is 19.1 Å². The summed E-state index contributed by atoms with van der Waals surface area (Å²) in [7, 11) is 0. The van der Waals surface area contributed by atoms with Crippen LogP contribution in [-0.4, -0.2) is 29.9 Å². The number of amides is 2. The van der Waals surface area contributed by atoms with E-state index in [1.165, 1.54) is 0 Å². The lowest BCUT2D eigenvalue weighted by molar-refractivity contribution is -0.141. The maximum atomic E-state index is 13.2. The summed E-state index contributed by atoms with van der Waals surface area (Å²) in [4.78, 5) is 27.1. The molecule has 1 aliphatic heterocycles. The smallest absolute Gasteiger partial charge is 0.271 e. The summed E-state index contributed by atoms with van der Waals surface area (Å²) in [6.45, 7) is 6.46. The molecular weight excluding hydrogens is 392 g/mol. The fraction of sp³-hybridized carbons (Fsp3) is 0.240. The molecule has 0 aliphatic carbocycles. The second kappa shape index (κ2) is 9.77. The molecule has 1 aliphatic rings. The number of carbonyl (C=O) groups excluding carboxylic acids is 2. The Kier molecular flexibility index (Phi) is 6.88. The van der Waals surface area contributed by atoms with Crippen molar-refractivity contribution in [3.63, 3.8) is 0 Å². The third-order valence-corrected chi connectivity index (χ3v) is 4.89. The second-order valence-electron chi connectivity index (χ2n) is 6.92. The maximum absolute atomic E-state index is 13.2.